The summed E-state index contributed by atoms with van der Waals surface area (Å²) in [6.45, 7) is 6.09. The summed E-state index contributed by atoms with van der Waals surface area (Å²) in [4.78, 5) is 18.0. The Labute approximate surface area is 150 Å². The number of hydrogen-bond donors (Lipinski definition) is 0. The lowest BCUT2D eigenvalue weighted by Crippen LogP contribution is -2.34. The zero-order valence-corrected chi connectivity index (χ0v) is 15.1. The van der Waals surface area contributed by atoms with Crippen LogP contribution in [0.4, 0.5) is 0 Å². The van der Waals surface area contributed by atoms with Gasteiger partial charge in [0.2, 0.25) is 0 Å². The van der Waals surface area contributed by atoms with E-state index in [2.05, 4.69) is 22.2 Å². The van der Waals surface area contributed by atoms with E-state index in [-0.39, 0.29) is 5.91 Å². The average molecular weight is 355 g/mol. The van der Waals surface area contributed by atoms with Gasteiger partial charge in [-0.2, -0.15) is 0 Å². The van der Waals surface area contributed by atoms with Gasteiger partial charge in [-0.25, -0.2) is 0 Å². The van der Waals surface area contributed by atoms with Crippen molar-refractivity contribution in [1.29, 1.82) is 0 Å². The molecule has 0 atom stereocenters. The molecule has 1 amide bonds. The highest BCUT2D eigenvalue weighted by Crippen LogP contribution is 2.26. The van der Waals surface area contributed by atoms with Crippen LogP contribution in [0.5, 0.6) is 0 Å². The zero-order valence-electron chi connectivity index (χ0n) is 14.3. The molecule has 4 rings (SSSR count). The second-order valence-electron chi connectivity index (χ2n) is 6.50. The lowest BCUT2D eigenvalue weighted by atomic mass is 10.2. The van der Waals surface area contributed by atoms with Crippen molar-refractivity contribution in [1.82, 2.24) is 15.0 Å². The van der Waals surface area contributed by atoms with Crippen molar-refractivity contribution in [3.63, 3.8) is 0 Å². The molecular formula is C19H21N3O2S. The van der Waals surface area contributed by atoms with Crippen LogP contribution >= 0.6 is 11.3 Å². The number of fused-ring (bicyclic) bond motifs is 1. The van der Waals surface area contributed by atoms with Gasteiger partial charge in [0.1, 0.15) is 5.76 Å². The number of carbonyl (C=O) groups excluding carboxylic acids is 1. The Morgan fingerprint density at radius 2 is 2.08 bits per heavy atom. The number of rotatable bonds is 3. The molecule has 0 bridgehead atoms. The van der Waals surface area contributed by atoms with Crippen molar-refractivity contribution in [2.24, 2.45) is 0 Å². The van der Waals surface area contributed by atoms with Crippen LogP contribution in [0.2, 0.25) is 0 Å². The average Bonchev–Trinajstić information content (AvgIpc) is 3.15. The molecule has 3 aromatic rings. The van der Waals surface area contributed by atoms with Gasteiger partial charge >= 0.3 is 0 Å². The fraction of sp³-hybridized carbons (Fsp3) is 0.368. The maximum absolute atomic E-state index is 12.9. The first-order chi connectivity index (χ1) is 12.2. The summed E-state index contributed by atoms with van der Waals surface area (Å²) in [5.41, 5.74) is 0.960. The van der Waals surface area contributed by atoms with Crippen molar-refractivity contribution >= 4 is 27.3 Å². The van der Waals surface area contributed by atoms with Crippen molar-refractivity contribution in [3.8, 4) is 0 Å². The Balaban J connectivity index is 1.42. The van der Waals surface area contributed by atoms with Gasteiger partial charge in [0.25, 0.3) is 5.91 Å². The molecule has 3 heterocycles. The molecule has 1 aliphatic rings. The maximum Gasteiger partial charge on any atom is 0.264 e. The minimum absolute atomic E-state index is 0.153. The molecule has 1 aromatic carbocycles. The third-order valence-electron chi connectivity index (χ3n) is 4.57. The molecule has 130 valence electrons. The Hall–Kier alpha value is -2.18. The third-order valence-corrected chi connectivity index (χ3v) is 5.68. The van der Waals surface area contributed by atoms with E-state index in [1.165, 1.54) is 4.70 Å². The van der Waals surface area contributed by atoms with Gasteiger partial charge in [0.05, 0.1) is 10.6 Å². The predicted molar refractivity (Wildman–Crippen MR) is 98.9 cm³/mol. The number of carbonyl (C=O) groups is 1. The first-order valence-electron chi connectivity index (χ1n) is 8.61. The number of benzene rings is 1. The Bertz CT molecular complexity index is 853. The van der Waals surface area contributed by atoms with Crippen LogP contribution in [-0.2, 0) is 6.54 Å². The van der Waals surface area contributed by atoms with Crippen LogP contribution in [0.25, 0.3) is 10.1 Å². The molecule has 0 aliphatic carbocycles. The molecular weight excluding hydrogens is 334 g/mol. The van der Waals surface area contributed by atoms with Gasteiger partial charge in [0, 0.05) is 43.5 Å². The number of nitrogens with zero attached hydrogens (tertiary/aromatic N) is 3. The van der Waals surface area contributed by atoms with E-state index in [0.717, 1.165) is 60.9 Å². The van der Waals surface area contributed by atoms with E-state index in [1.54, 1.807) is 11.3 Å². The summed E-state index contributed by atoms with van der Waals surface area (Å²) < 4.78 is 6.31. The van der Waals surface area contributed by atoms with E-state index in [0.29, 0.717) is 0 Å². The van der Waals surface area contributed by atoms with Gasteiger partial charge in [-0.1, -0.05) is 23.4 Å². The molecule has 0 N–H and O–H groups in total. The van der Waals surface area contributed by atoms with Crippen molar-refractivity contribution in [2.45, 2.75) is 19.9 Å². The second-order valence-corrected chi connectivity index (χ2v) is 7.58. The third kappa shape index (κ3) is 3.60. The highest BCUT2D eigenvalue weighted by molar-refractivity contribution is 7.20. The van der Waals surface area contributed by atoms with E-state index in [4.69, 9.17) is 4.52 Å². The number of thiophene rings is 1. The van der Waals surface area contributed by atoms with Gasteiger partial charge in [0.15, 0.2) is 0 Å². The molecule has 1 aliphatic heterocycles. The fourth-order valence-corrected chi connectivity index (χ4v) is 4.33. The van der Waals surface area contributed by atoms with Crippen LogP contribution in [0.15, 0.2) is 40.9 Å². The molecule has 1 fully saturated rings. The number of hydrogen-bond acceptors (Lipinski definition) is 5. The van der Waals surface area contributed by atoms with Crippen molar-refractivity contribution < 1.29 is 9.32 Å². The molecule has 0 radical (unpaired) electrons. The molecule has 0 saturated carbocycles. The smallest absolute Gasteiger partial charge is 0.264 e. The monoisotopic (exact) mass is 355 g/mol. The normalized spacial score (nSPS) is 16.3. The van der Waals surface area contributed by atoms with Crippen LogP contribution in [-0.4, -0.2) is 47.0 Å². The quantitative estimate of drug-likeness (QED) is 0.721. The van der Waals surface area contributed by atoms with Crippen LogP contribution in [0.1, 0.15) is 27.5 Å². The first-order valence-corrected chi connectivity index (χ1v) is 9.43. The predicted octanol–water partition coefficient (Wildman–Crippen LogP) is 3.55. The fourth-order valence-electron chi connectivity index (χ4n) is 3.30. The highest BCUT2D eigenvalue weighted by atomic mass is 32.1. The lowest BCUT2D eigenvalue weighted by molar-refractivity contribution is 0.0766. The molecule has 25 heavy (non-hydrogen) atoms. The van der Waals surface area contributed by atoms with E-state index in [1.807, 2.05) is 36.1 Å². The number of aromatic nitrogens is 1. The van der Waals surface area contributed by atoms with Crippen molar-refractivity contribution in [2.75, 3.05) is 26.2 Å². The lowest BCUT2D eigenvalue weighted by Gasteiger charge is -2.20. The summed E-state index contributed by atoms with van der Waals surface area (Å²) in [5, 5.41) is 5.22. The SMILES string of the molecule is Cc1cc(CN2CCCN(C(=O)c3cc4ccccc4s3)CC2)no1. The van der Waals surface area contributed by atoms with Gasteiger partial charge in [-0.3, -0.25) is 9.69 Å². The van der Waals surface area contributed by atoms with Gasteiger partial charge in [-0.15, -0.1) is 11.3 Å². The number of aryl methyl sites for hydroxylation is 1. The largest absolute Gasteiger partial charge is 0.361 e. The van der Waals surface area contributed by atoms with E-state index < -0.39 is 0 Å². The second kappa shape index (κ2) is 6.98. The Kier molecular flexibility index (Phi) is 4.55. The summed E-state index contributed by atoms with van der Waals surface area (Å²) in [5.74, 6) is 0.992. The van der Waals surface area contributed by atoms with Gasteiger partial charge < -0.3 is 9.42 Å². The minimum Gasteiger partial charge on any atom is -0.361 e. The molecule has 5 nitrogen and oxygen atoms in total. The summed E-state index contributed by atoms with van der Waals surface area (Å²) in [6, 6.07) is 12.2. The standard InChI is InChI=1S/C19H21N3O2S/c1-14-11-16(20-24-14)13-21-7-4-8-22(10-9-21)19(23)18-12-15-5-2-3-6-17(15)25-18/h2-3,5-6,11-12H,4,7-10,13H2,1H3. The Morgan fingerprint density at radius 3 is 2.88 bits per heavy atom. The summed E-state index contributed by atoms with van der Waals surface area (Å²) in [7, 11) is 0. The highest BCUT2D eigenvalue weighted by Gasteiger charge is 2.22. The van der Waals surface area contributed by atoms with Crippen molar-refractivity contribution in [3.05, 3.63) is 52.7 Å². The van der Waals surface area contributed by atoms with E-state index >= 15 is 0 Å². The summed E-state index contributed by atoms with van der Waals surface area (Å²) >= 11 is 1.58. The molecule has 6 heteroatoms. The topological polar surface area (TPSA) is 49.6 Å². The number of amides is 1. The summed E-state index contributed by atoms with van der Waals surface area (Å²) in [6.07, 6.45) is 0.980. The van der Waals surface area contributed by atoms with Crippen LogP contribution in [0, 0.1) is 6.92 Å². The Morgan fingerprint density at radius 1 is 1.20 bits per heavy atom. The molecule has 0 spiro atoms. The minimum atomic E-state index is 0.153. The molecule has 2 aromatic heterocycles. The van der Waals surface area contributed by atoms with Gasteiger partial charge in [-0.05, 0) is 30.9 Å². The maximum atomic E-state index is 12.9. The zero-order chi connectivity index (χ0) is 17.2. The first kappa shape index (κ1) is 16.3. The molecule has 1 saturated heterocycles. The van der Waals surface area contributed by atoms with Crippen LogP contribution in [0.3, 0.4) is 0 Å². The van der Waals surface area contributed by atoms with Crippen LogP contribution < -0.4 is 0 Å². The molecule has 0 unspecified atom stereocenters. The van der Waals surface area contributed by atoms with E-state index in [9.17, 15) is 4.79 Å².